The van der Waals surface area contributed by atoms with Crippen LogP contribution in [0, 0.1) is 0 Å². The molecule has 0 aliphatic rings. The van der Waals surface area contributed by atoms with Crippen molar-refractivity contribution in [2.45, 2.75) is 33.6 Å². The molecule has 1 aromatic carbocycles. The Hall–Kier alpha value is -1.70. The number of hydrogen-bond donors (Lipinski definition) is 0. The highest BCUT2D eigenvalue weighted by atomic mass is 14.8. The molecule has 0 fully saturated rings. The van der Waals surface area contributed by atoms with Crippen LogP contribution >= 0.6 is 0 Å². The molecule has 0 aliphatic heterocycles. The molecule has 2 heteroatoms. The molecular formula is C15H20N2. The van der Waals surface area contributed by atoms with Gasteiger partial charge in [-0.05, 0) is 24.1 Å². The summed E-state index contributed by atoms with van der Waals surface area (Å²) in [6, 6.07) is 10.2. The maximum atomic E-state index is 4.21. The molecule has 2 nitrogen and oxygen atoms in total. The second kappa shape index (κ2) is 7.55. The fourth-order valence-corrected chi connectivity index (χ4v) is 1.38. The predicted octanol–water partition coefficient (Wildman–Crippen LogP) is 4.12. The first-order chi connectivity index (χ1) is 8.31. The summed E-state index contributed by atoms with van der Waals surface area (Å²) in [6.07, 6.45) is 5.82. The summed E-state index contributed by atoms with van der Waals surface area (Å²) in [6.45, 7) is 6.39. The van der Waals surface area contributed by atoms with Crippen LogP contribution in [-0.2, 0) is 6.42 Å². The zero-order valence-corrected chi connectivity index (χ0v) is 10.9. The minimum atomic E-state index is 0.794. The summed E-state index contributed by atoms with van der Waals surface area (Å²) in [7, 11) is 0. The van der Waals surface area contributed by atoms with Crippen molar-refractivity contribution in [2.24, 2.45) is 0 Å². The van der Waals surface area contributed by atoms with Gasteiger partial charge in [-0.3, -0.25) is 0 Å². The molecule has 0 atom stereocenters. The summed E-state index contributed by atoms with van der Waals surface area (Å²) >= 11 is 0. The van der Waals surface area contributed by atoms with Crippen molar-refractivity contribution in [3.63, 3.8) is 0 Å². The van der Waals surface area contributed by atoms with Crippen molar-refractivity contribution in [2.75, 3.05) is 0 Å². The van der Waals surface area contributed by atoms with E-state index >= 15 is 0 Å². The van der Waals surface area contributed by atoms with Gasteiger partial charge < -0.3 is 0 Å². The first-order valence-electron chi connectivity index (χ1n) is 6.18. The number of aryl methyl sites for hydroxylation is 1. The average molecular weight is 228 g/mol. The molecule has 0 unspecified atom stereocenters. The van der Waals surface area contributed by atoms with Gasteiger partial charge in [0.25, 0.3) is 0 Å². The highest BCUT2D eigenvalue weighted by Crippen LogP contribution is 2.15. The van der Waals surface area contributed by atoms with Gasteiger partial charge in [-0.25, -0.2) is 9.97 Å². The van der Waals surface area contributed by atoms with Crippen molar-refractivity contribution >= 4 is 0 Å². The lowest BCUT2D eigenvalue weighted by Crippen LogP contribution is -1.88. The van der Waals surface area contributed by atoms with Crippen molar-refractivity contribution < 1.29 is 0 Å². The Kier molecular flexibility index (Phi) is 5.94. The van der Waals surface area contributed by atoms with Crippen LogP contribution in [0.25, 0.3) is 11.4 Å². The van der Waals surface area contributed by atoms with Crippen molar-refractivity contribution in [3.8, 4) is 11.4 Å². The Balaban J connectivity index is 0.000000437. The summed E-state index contributed by atoms with van der Waals surface area (Å²) in [5, 5.41) is 0. The Labute approximate surface area is 104 Å². The first-order valence-corrected chi connectivity index (χ1v) is 6.18. The van der Waals surface area contributed by atoms with Crippen molar-refractivity contribution in [3.05, 3.63) is 48.3 Å². The third-order valence-electron chi connectivity index (χ3n) is 2.16. The first kappa shape index (κ1) is 13.4. The molecule has 90 valence electrons. The minimum absolute atomic E-state index is 0.794. The van der Waals surface area contributed by atoms with Crippen LogP contribution in [-0.4, -0.2) is 9.97 Å². The summed E-state index contributed by atoms with van der Waals surface area (Å²) < 4.78 is 0. The minimum Gasteiger partial charge on any atom is -0.237 e. The lowest BCUT2D eigenvalue weighted by molar-refractivity contribution is 1.09. The summed E-state index contributed by atoms with van der Waals surface area (Å²) in [4.78, 5) is 8.43. The SMILES string of the molecule is CCC.CCc1cccc(-c2ncccn2)c1. The van der Waals surface area contributed by atoms with E-state index in [1.165, 1.54) is 12.0 Å². The monoisotopic (exact) mass is 228 g/mol. The quantitative estimate of drug-likeness (QED) is 0.772. The molecule has 0 radical (unpaired) electrons. The molecule has 1 heterocycles. The predicted molar refractivity (Wildman–Crippen MR) is 72.8 cm³/mol. The third-order valence-corrected chi connectivity index (χ3v) is 2.16. The van der Waals surface area contributed by atoms with Crippen LogP contribution in [0.1, 0.15) is 32.8 Å². The molecule has 0 aliphatic carbocycles. The Morgan fingerprint density at radius 2 is 1.59 bits per heavy atom. The molecular weight excluding hydrogens is 208 g/mol. The van der Waals surface area contributed by atoms with E-state index in [4.69, 9.17) is 0 Å². The van der Waals surface area contributed by atoms with Crippen molar-refractivity contribution in [1.82, 2.24) is 9.97 Å². The van der Waals surface area contributed by atoms with Crippen LogP contribution in [0.2, 0.25) is 0 Å². The normalized spacial score (nSPS) is 9.35. The van der Waals surface area contributed by atoms with E-state index in [-0.39, 0.29) is 0 Å². The number of aromatic nitrogens is 2. The zero-order chi connectivity index (χ0) is 12.5. The van der Waals surface area contributed by atoms with Gasteiger partial charge in [0, 0.05) is 18.0 Å². The summed E-state index contributed by atoms with van der Waals surface area (Å²) in [5.41, 5.74) is 2.40. The van der Waals surface area contributed by atoms with Crippen molar-refractivity contribution in [1.29, 1.82) is 0 Å². The topological polar surface area (TPSA) is 25.8 Å². The van der Waals surface area contributed by atoms with Crippen LogP contribution in [0.5, 0.6) is 0 Å². The van der Waals surface area contributed by atoms with Gasteiger partial charge in [-0.1, -0.05) is 45.4 Å². The lowest BCUT2D eigenvalue weighted by Gasteiger charge is -2.01. The molecule has 0 bridgehead atoms. The molecule has 0 saturated carbocycles. The Morgan fingerprint density at radius 3 is 2.18 bits per heavy atom. The smallest absolute Gasteiger partial charge is 0.159 e. The van der Waals surface area contributed by atoms with Crippen LogP contribution in [0.4, 0.5) is 0 Å². The van der Waals surface area contributed by atoms with Crippen LogP contribution in [0.15, 0.2) is 42.7 Å². The van der Waals surface area contributed by atoms with Gasteiger partial charge in [0.05, 0.1) is 0 Å². The van der Waals surface area contributed by atoms with Gasteiger partial charge in [0.1, 0.15) is 0 Å². The molecule has 2 rings (SSSR count). The molecule has 2 aromatic rings. The lowest BCUT2D eigenvalue weighted by atomic mass is 10.1. The van der Waals surface area contributed by atoms with Gasteiger partial charge in [-0.2, -0.15) is 0 Å². The molecule has 0 spiro atoms. The molecule has 1 aromatic heterocycles. The van der Waals surface area contributed by atoms with E-state index in [0.29, 0.717) is 0 Å². The number of hydrogen-bond acceptors (Lipinski definition) is 2. The third kappa shape index (κ3) is 4.35. The van der Waals surface area contributed by atoms with E-state index < -0.39 is 0 Å². The molecule has 0 N–H and O–H groups in total. The maximum absolute atomic E-state index is 4.21. The summed E-state index contributed by atoms with van der Waals surface area (Å²) in [5.74, 6) is 0.794. The number of nitrogens with zero attached hydrogens (tertiary/aromatic N) is 2. The van der Waals surface area contributed by atoms with E-state index in [1.807, 2.05) is 18.2 Å². The number of rotatable bonds is 2. The standard InChI is InChI=1S/C12H12N2.C3H8/c1-2-10-5-3-6-11(9-10)12-13-7-4-8-14-12;1-3-2/h3-9H,2H2,1H3;3H2,1-2H3. The molecule has 0 amide bonds. The second-order valence-corrected chi connectivity index (χ2v) is 3.83. The molecule has 0 saturated heterocycles. The maximum Gasteiger partial charge on any atom is 0.159 e. The number of benzene rings is 1. The fraction of sp³-hybridized carbons (Fsp3) is 0.333. The van der Waals surface area contributed by atoms with E-state index in [1.54, 1.807) is 12.4 Å². The Bertz CT molecular complexity index is 424. The van der Waals surface area contributed by atoms with E-state index in [2.05, 4.69) is 42.9 Å². The highest BCUT2D eigenvalue weighted by Gasteiger charge is 1.99. The van der Waals surface area contributed by atoms with Gasteiger partial charge in [0.15, 0.2) is 5.82 Å². The van der Waals surface area contributed by atoms with Crippen LogP contribution in [0.3, 0.4) is 0 Å². The largest absolute Gasteiger partial charge is 0.237 e. The van der Waals surface area contributed by atoms with Gasteiger partial charge in [-0.15, -0.1) is 0 Å². The second-order valence-electron chi connectivity index (χ2n) is 3.83. The molecule has 17 heavy (non-hydrogen) atoms. The fourth-order valence-electron chi connectivity index (χ4n) is 1.38. The average Bonchev–Trinajstić information content (AvgIpc) is 2.41. The van der Waals surface area contributed by atoms with Crippen LogP contribution < -0.4 is 0 Å². The van der Waals surface area contributed by atoms with Gasteiger partial charge >= 0.3 is 0 Å². The van der Waals surface area contributed by atoms with E-state index in [0.717, 1.165) is 17.8 Å². The zero-order valence-electron chi connectivity index (χ0n) is 10.9. The van der Waals surface area contributed by atoms with E-state index in [9.17, 15) is 0 Å². The van der Waals surface area contributed by atoms with Gasteiger partial charge in [0.2, 0.25) is 0 Å². The Morgan fingerprint density at radius 1 is 0.941 bits per heavy atom. The highest BCUT2D eigenvalue weighted by molar-refractivity contribution is 5.55.